The van der Waals surface area contributed by atoms with Crippen molar-refractivity contribution in [2.75, 3.05) is 6.54 Å². The van der Waals surface area contributed by atoms with E-state index in [2.05, 4.69) is 103 Å². The number of rotatable bonds is 7. The summed E-state index contributed by atoms with van der Waals surface area (Å²) in [7, 11) is 0. The first-order valence-electron chi connectivity index (χ1n) is 12.2. The Kier molecular flexibility index (Phi) is 6.41. The van der Waals surface area contributed by atoms with Crippen LogP contribution in [0.25, 0.3) is 17.1 Å². The third kappa shape index (κ3) is 4.94. The molecular weight excluding hydrogens is 402 g/mol. The van der Waals surface area contributed by atoms with Crippen LogP contribution in [0.1, 0.15) is 40.9 Å². The lowest BCUT2D eigenvalue weighted by Gasteiger charge is -2.25. The number of pyridine rings is 1. The summed E-state index contributed by atoms with van der Waals surface area (Å²) >= 11 is 0. The number of aryl methyl sites for hydroxylation is 4. The molecule has 0 fully saturated rings. The van der Waals surface area contributed by atoms with Crippen LogP contribution < -0.4 is 5.32 Å². The minimum absolute atomic E-state index is 0.619. The molecule has 1 aliphatic carbocycles. The summed E-state index contributed by atoms with van der Waals surface area (Å²) in [5.41, 5.74) is 9.05. The second kappa shape index (κ2) is 9.76. The van der Waals surface area contributed by atoms with E-state index < -0.39 is 0 Å². The lowest BCUT2D eigenvalue weighted by Crippen LogP contribution is -2.35. The van der Waals surface area contributed by atoms with E-state index in [1.807, 2.05) is 0 Å². The van der Waals surface area contributed by atoms with Gasteiger partial charge in [0, 0.05) is 23.0 Å². The van der Waals surface area contributed by atoms with E-state index in [0.29, 0.717) is 6.04 Å². The molecule has 2 aromatic carbocycles. The Morgan fingerprint density at radius 3 is 2.39 bits per heavy atom. The van der Waals surface area contributed by atoms with Crippen molar-refractivity contribution in [2.24, 2.45) is 0 Å². The van der Waals surface area contributed by atoms with Gasteiger partial charge < -0.3 is 9.88 Å². The van der Waals surface area contributed by atoms with E-state index in [1.165, 1.54) is 52.9 Å². The van der Waals surface area contributed by atoms with Crippen LogP contribution in [0.2, 0.25) is 0 Å². The number of aromatic nitrogens is 2. The zero-order valence-corrected chi connectivity index (χ0v) is 19.7. The highest BCUT2D eigenvalue weighted by Crippen LogP contribution is 2.23. The summed E-state index contributed by atoms with van der Waals surface area (Å²) in [6, 6.07) is 29.0. The van der Waals surface area contributed by atoms with E-state index in [1.54, 1.807) is 0 Å². The largest absolute Gasteiger partial charge is 0.314 e. The summed E-state index contributed by atoms with van der Waals surface area (Å²) in [6.45, 7) is 5.32. The standard InChI is InChI=1S/C30H33N3/c1-22-12-13-23(2)33(22)30-11-5-10-29(32-30)26-16-14-24(15-17-26)7-6-20-31-28-19-18-25-8-3-4-9-27(25)21-28/h3-5,8-17,28,31H,6-7,18-21H2,1-2H3. The minimum Gasteiger partial charge on any atom is -0.314 e. The first-order valence-corrected chi connectivity index (χ1v) is 12.2. The Bertz CT molecular complexity index is 1200. The molecule has 1 atom stereocenters. The van der Waals surface area contributed by atoms with E-state index >= 15 is 0 Å². The predicted octanol–water partition coefficient (Wildman–Crippen LogP) is 6.24. The molecule has 1 aliphatic rings. The van der Waals surface area contributed by atoms with Crippen molar-refractivity contribution in [1.29, 1.82) is 0 Å². The maximum Gasteiger partial charge on any atom is 0.137 e. The lowest BCUT2D eigenvalue weighted by molar-refractivity contribution is 0.454. The van der Waals surface area contributed by atoms with Gasteiger partial charge in [-0.2, -0.15) is 0 Å². The third-order valence-corrected chi connectivity index (χ3v) is 6.91. The van der Waals surface area contributed by atoms with Crippen LogP contribution in [0.4, 0.5) is 0 Å². The highest BCUT2D eigenvalue weighted by molar-refractivity contribution is 5.60. The quantitative estimate of drug-likeness (QED) is 0.348. The molecule has 2 heterocycles. The number of hydrogen-bond donors (Lipinski definition) is 1. The van der Waals surface area contributed by atoms with Gasteiger partial charge in [-0.15, -0.1) is 0 Å². The van der Waals surface area contributed by atoms with Crippen LogP contribution in [0.15, 0.2) is 78.9 Å². The molecule has 168 valence electrons. The smallest absolute Gasteiger partial charge is 0.137 e. The molecule has 3 nitrogen and oxygen atoms in total. The molecule has 0 radical (unpaired) electrons. The molecule has 0 saturated carbocycles. The minimum atomic E-state index is 0.619. The second-order valence-corrected chi connectivity index (χ2v) is 9.30. The monoisotopic (exact) mass is 435 g/mol. The highest BCUT2D eigenvalue weighted by Gasteiger charge is 2.17. The average molecular weight is 436 g/mol. The fourth-order valence-electron chi connectivity index (χ4n) is 5.05. The van der Waals surface area contributed by atoms with E-state index in [-0.39, 0.29) is 0 Å². The first kappa shape index (κ1) is 21.7. The van der Waals surface area contributed by atoms with Gasteiger partial charge in [0.15, 0.2) is 0 Å². The van der Waals surface area contributed by atoms with Crippen molar-refractivity contribution in [3.8, 4) is 17.1 Å². The van der Waals surface area contributed by atoms with Crippen molar-refractivity contribution in [3.05, 3.63) is 107 Å². The molecule has 4 aromatic rings. The van der Waals surface area contributed by atoms with E-state index in [0.717, 1.165) is 30.9 Å². The van der Waals surface area contributed by atoms with Crippen molar-refractivity contribution < 1.29 is 0 Å². The van der Waals surface area contributed by atoms with Crippen LogP contribution in [0.3, 0.4) is 0 Å². The third-order valence-electron chi connectivity index (χ3n) is 6.91. The van der Waals surface area contributed by atoms with Gasteiger partial charge in [0.25, 0.3) is 0 Å². The molecule has 0 spiro atoms. The molecule has 0 saturated heterocycles. The maximum atomic E-state index is 4.93. The van der Waals surface area contributed by atoms with Gasteiger partial charge in [0.05, 0.1) is 5.69 Å². The summed E-state index contributed by atoms with van der Waals surface area (Å²) in [5.74, 6) is 0.980. The summed E-state index contributed by atoms with van der Waals surface area (Å²) < 4.78 is 2.20. The van der Waals surface area contributed by atoms with Gasteiger partial charge >= 0.3 is 0 Å². The molecule has 3 heteroatoms. The average Bonchev–Trinajstić information content (AvgIpc) is 3.20. The lowest BCUT2D eigenvalue weighted by atomic mass is 9.88. The number of benzene rings is 2. The second-order valence-electron chi connectivity index (χ2n) is 9.30. The van der Waals surface area contributed by atoms with Gasteiger partial charge in [-0.1, -0.05) is 54.6 Å². The first-order chi connectivity index (χ1) is 16.2. The Morgan fingerprint density at radius 1 is 0.848 bits per heavy atom. The molecule has 0 amide bonds. The van der Waals surface area contributed by atoms with Crippen molar-refractivity contribution in [2.45, 2.75) is 52.0 Å². The fourth-order valence-corrected chi connectivity index (χ4v) is 5.05. The van der Waals surface area contributed by atoms with Crippen LogP contribution in [0, 0.1) is 13.8 Å². The van der Waals surface area contributed by atoms with Crippen LogP contribution >= 0.6 is 0 Å². The van der Waals surface area contributed by atoms with E-state index in [9.17, 15) is 0 Å². The fraction of sp³-hybridized carbons (Fsp3) is 0.300. The Balaban J connectivity index is 1.15. The molecule has 33 heavy (non-hydrogen) atoms. The summed E-state index contributed by atoms with van der Waals surface area (Å²) in [6.07, 6.45) is 5.88. The number of nitrogens with one attached hydrogen (secondary N) is 1. The predicted molar refractivity (Wildman–Crippen MR) is 137 cm³/mol. The molecule has 1 unspecified atom stereocenters. The molecule has 5 rings (SSSR count). The van der Waals surface area contributed by atoms with Gasteiger partial charge in [-0.05, 0) is 93.5 Å². The van der Waals surface area contributed by atoms with Gasteiger partial charge in [-0.3, -0.25) is 0 Å². The van der Waals surface area contributed by atoms with Crippen molar-refractivity contribution in [3.63, 3.8) is 0 Å². The van der Waals surface area contributed by atoms with Crippen molar-refractivity contribution in [1.82, 2.24) is 14.9 Å². The Labute approximate surface area is 197 Å². The molecular formula is C30H33N3. The molecule has 1 N–H and O–H groups in total. The topological polar surface area (TPSA) is 29.9 Å². The molecule has 0 aliphatic heterocycles. The summed E-state index contributed by atoms with van der Waals surface area (Å²) in [4.78, 5) is 4.93. The maximum absolute atomic E-state index is 4.93. The van der Waals surface area contributed by atoms with Gasteiger partial charge in [0.2, 0.25) is 0 Å². The number of fused-ring (bicyclic) bond motifs is 1. The van der Waals surface area contributed by atoms with Gasteiger partial charge in [0.1, 0.15) is 5.82 Å². The highest BCUT2D eigenvalue weighted by atomic mass is 15.1. The van der Waals surface area contributed by atoms with E-state index in [4.69, 9.17) is 4.98 Å². The Hall–Kier alpha value is -3.17. The summed E-state index contributed by atoms with van der Waals surface area (Å²) in [5, 5.41) is 3.79. The van der Waals surface area contributed by atoms with Crippen LogP contribution in [0.5, 0.6) is 0 Å². The van der Waals surface area contributed by atoms with Crippen LogP contribution in [-0.2, 0) is 19.3 Å². The molecule has 2 aromatic heterocycles. The normalized spacial score (nSPS) is 15.4. The zero-order chi connectivity index (χ0) is 22.6. The number of nitrogens with zero attached hydrogens (tertiary/aromatic N) is 2. The van der Waals surface area contributed by atoms with Gasteiger partial charge in [-0.25, -0.2) is 4.98 Å². The Morgan fingerprint density at radius 2 is 1.61 bits per heavy atom. The SMILES string of the molecule is Cc1ccc(C)n1-c1cccc(-c2ccc(CCCNC3CCc4ccccc4C3)cc2)n1. The number of hydrogen-bond acceptors (Lipinski definition) is 2. The van der Waals surface area contributed by atoms with Crippen LogP contribution in [-0.4, -0.2) is 22.1 Å². The molecule has 0 bridgehead atoms. The van der Waals surface area contributed by atoms with Crippen molar-refractivity contribution >= 4 is 0 Å². The zero-order valence-electron chi connectivity index (χ0n) is 19.7.